The summed E-state index contributed by atoms with van der Waals surface area (Å²) in [6.45, 7) is 2.44. The maximum absolute atomic E-state index is 13.1. The normalized spacial score (nSPS) is 22.9. The number of halogens is 3. The maximum Gasteiger partial charge on any atom is 0.438 e. The molecule has 0 radical (unpaired) electrons. The van der Waals surface area contributed by atoms with Crippen LogP contribution >= 0.6 is 0 Å². The van der Waals surface area contributed by atoms with Gasteiger partial charge in [0.25, 0.3) is 11.6 Å². The minimum absolute atomic E-state index is 0.0412. The summed E-state index contributed by atoms with van der Waals surface area (Å²) in [4.78, 5) is 22.1. The van der Waals surface area contributed by atoms with Crippen molar-refractivity contribution in [2.24, 2.45) is 5.10 Å². The van der Waals surface area contributed by atoms with E-state index in [9.17, 15) is 33.2 Å². The number of aromatic nitrogens is 2. The zero-order chi connectivity index (χ0) is 17.6. The Morgan fingerprint density at radius 3 is 2.65 bits per heavy atom. The van der Waals surface area contributed by atoms with Gasteiger partial charge >= 0.3 is 11.9 Å². The molecule has 1 aliphatic heterocycles. The summed E-state index contributed by atoms with van der Waals surface area (Å²) in [6.07, 6.45) is -4.21. The Morgan fingerprint density at radius 2 is 2.17 bits per heavy atom. The van der Waals surface area contributed by atoms with Crippen LogP contribution in [0.4, 0.5) is 18.9 Å². The second-order valence-corrected chi connectivity index (χ2v) is 5.09. The number of aliphatic hydroxyl groups is 1. The number of amides is 1. The molecule has 2 atom stereocenters. The van der Waals surface area contributed by atoms with E-state index >= 15 is 0 Å². The number of alkyl halides is 3. The fourth-order valence-corrected chi connectivity index (χ4v) is 2.10. The van der Waals surface area contributed by atoms with Crippen molar-refractivity contribution in [1.29, 1.82) is 0 Å². The molecule has 12 heteroatoms. The van der Waals surface area contributed by atoms with Crippen LogP contribution in [-0.2, 0) is 4.79 Å². The molecular formula is C11H12F3N5O4. The smallest absolute Gasteiger partial charge is 0.362 e. The third kappa shape index (κ3) is 2.76. The van der Waals surface area contributed by atoms with E-state index in [0.717, 1.165) is 17.1 Å². The molecule has 2 rings (SSSR count). The molecule has 0 bridgehead atoms. The first-order valence-corrected chi connectivity index (χ1v) is 6.33. The summed E-state index contributed by atoms with van der Waals surface area (Å²) < 4.78 is 40.1. The lowest BCUT2D eigenvalue weighted by atomic mass is 10.1. The molecule has 2 heterocycles. The third-order valence-electron chi connectivity index (χ3n) is 3.34. The molecule has 0 unspecified atom stereocenters. The lowest BCUT2D eigenvalue weighted by molar-refractivity contribution is -0.385. The molecule has 1 aromatic rings. The van der Waals surface area contributed by atoms with Crippen molar-refractivity contribution in [3.05, 3.63) is 22.5 Å². The van der Waals surface area contributed by atoms with Crippen LogP contribution in [-0.4, -0.2) is 48.3 Å². The summed E-state index contributed by atoms with van der Waals surface area (Å²) in [5.74, 6) is -1.19. The Balaban J connectivity index is 2.32. The third-order valence-corrected chi connectivity index (χ3v) is 3.34. The number of nitro groups is 1. The number of carbonyl (C=O) groups excluding carboxylic acids is 1. The molecule has 126 valence electrons. The van der Waals surface area contributed by atoms with E-state index in [0.29, 0.717) is 0 Å². The number of rotatable bonds is 3. The van der Waals surface area contributed by atoms with Crippen LogP contribution in [0.25, 0.3) is 0 Å². The van der Waals surface area contributed by atoms with Crippen LogP contribution in [0.3, 0.4) is 0 Å². The van der Waals surface area contributed by atoms with Crippen LogP contribution in [0.1, 0.15) is 26.3 Å². The van der Waals surface area contributed by atoms with Gasteiger partial charge in [-0.05, 0) is 13.8 Å². The highest BCUT2D eigenvalue weighted by atomic mass is 19.4. The minimum atomic E-state index is -5.11. The maximum atomic E-state index is 13.1. The Bertz CT molecular complexity index is 685. The number of hydrazone groups is 1. The average Bonchev–Trinajstić information content (AvgIpc) is 3.01. The molecule has 0 fully saturated rings. The monoisotopic (exact) mass is 335 g/mol. The van der Waals surface area contributed by atoms with E-state index in [1.54, 1.807) is 0 Å². The van der Waals surface area contributed by atoms with Gasteiger partial charge in [0.15, 0.2) is 0 Å². The lowest BCUT2D eigenvalue weighted by Gasteiger charge is -2.33. The van der Waals surface area contributed by atoms with Crippen molar-refractivity contribution in [3.63, 3.8) is 0 Å². The molecule has 23 heavy (non-hydrogen) atoms. The molecule has 1 aliphatic rings. The van der Waals surface area contributed by atoms with Crippen LogP contribution < -0.4 is 0 Å². The van der Waals surface area contributed by atoms with Gasteiger partial charge in [0.1, 0.15) is 18.4 Å². The van der Waals surface area contributed by atoms with Gasteiger partial charge < -0.3 is 5.11 Å². The fourth-order valence-electron chi connectivity index (χ4n) is 2.10. The lowest BCUT2D eigenvalue weighted by Crippen LogP contribution is -2.57. The van der Waals surface area contributed by atoms with Gasteiger partial charge in [-0.1, -0.05) is 0 Å². The van der Waals surface area contributed by atoms with Gasteiger partial charge in [0, 0.05) is 12.1 Å². The van der Waals surface area contributed by atoms with Crippen LogP contribution in [0, 0.1) is 10.1 Å². The van der Waals surface area contributed by atoms with E-state index in [1.807, 2.05) is 0 Å². The van der Waals surface area contributed by atoms with Gasteiger partial charge in [-0.15, -0.1) is 0 Å². The molecule has 1 aromatic heterocycles. The second kappa shape index (κ2) is 5.30. The molecule has 0 saturated carbocycles. The topological polar surface area (TPSA) is 114 Å². The number of carbonyl (C=O) groups is 1. The molecule has 1 amide bonds. The molecule has 0 aromatic carbocycles. The fraction of sp³-hybridized carbons (Fsp3) is 0.545. The van der Waals surface area contributed by atoms with Crippen LogP contribution in [0.15, 0.2) is 17.5 Å². The first-order valence-electron chi connectivity index (χ1n) is 6.33. The van der Waals surface area contributed by atoms with Crippen LogP contribution in [0.5, 0.6) is 0 Å². The van der Waals surface area contributed by atoms with Gasteiger partial charge in [-0.3, -0.25) is 19.6 Å². The molecule has 0 aliphatic carbocycles. The molecular weight excluding hydrogens is 323 g/mol. The predicted octanol–water partition coefficient (Wildman–Crippen LogP) is 1.21. The average molecular weight is 335 g/mol. The quantitative estimate of drug-likeness (QED) is 0.659. The van der Waals surface area contributed by atoms with Gasteiger partial charge in [0.2, 0.25) is 0 Å². The summed E-state index contributed by atoms with van der Waals surface area (Å²) in [7, 11) is 0. The highest BCUT2D eigenvalue weighted by Gasteiger charge is 2.63. The van der Waals surface area contributed by atoms with E-state index in [-0.39, 0.29) is 10.7 Å². The van der Waals surface area contributed by atoms with E-state index in [4.69, 9.17) is 0 Å². The van der Waals surface area contributed by atoms with E-state index in [1.165, 1.54) is 13.8 Å². The first kappa shape index (κ1) is 16.9. The summed E-state index contributed by atoms with van der Waals surface area (Å²) in [5, 5.41) is 27.4. The Labute approximate surface area is 127 Å². The number of nitrogens with zero attached hydrogens (tertiary/aromatic N) is 5. The van der Waals surface area contributed by atoms with Gasteiger partial charge in [-0.25, -0.2) is 0 Å². The number of hydrogen-bond donors (Lipinski definition) is 1. The predicted molar refractivity (Wildman–Crippen MR) is 69.2 cm³/mol. The zero-order valence-electron chi connectivity index (χ0n) is 12.0. The highest BCUT2D eigenvalue weighted by Crippen LogP contribution is 2.41. The number of hydrogen-bond acceptors (Lipinski definition) is 6. The molecule has 1 N–H and O–H groups in total. The Kier molecular flexibility index (Phi) is 3.88. The summed E-state index contributed by atoms with van der Waals surface area (Å²) >= 11 is 0. The Morgan fingerprint density at radius 1 is 1.57 bits per heavy atom. The Hall–Kier alpha value is -2.50. The van der Waals surface area contributed by atoms with Crippen molar-refractivity contribution in [2.75, 3.05) is 0 Å². The summed E-state index contributed by atoms with van der Waals surface area (Å²) in [6, 6.07) is -1.33. The van der Waals surface area contributed by atoms with Crippen LogP contribution in [0.2, 0.25) is 0 Å². The van der Waals surface area contributed by atoms with Crippen molar-refractivity contribution in [3.8, 4) is 0 Å². The minimum Gasteiger partial charge on any atom is -0.362 e. The van der Waals surface area contributed by atoms with Crippen molar-refractivity contribution < 1.29 is 28.0 Å². The van der Waals surface area contributed by atoms with Gasteiger partial charge in [-0.2, -0.15) is 28.4 Å². The van der Waals surface area contributed by atoms with E-state index in [2.05, 4.69) is 10.2 Å². The van der Waals surface area contributed by atoms with Crippen molar-refractivity contribution in [2.45, 2.75) is 38.2 Å². The SMILES string of the molecule is CC1=NN(C(=O)[C@@H](C)n2cc([N+](=O)[O-])cn2)[C@@](O)(C(F)(F)F)C1. The summed E-state index contributed by atoms with van der Waals surface area (Å²) in [5.41, 5.74) is -3.93. The van der Waals surface area contributed by atoms with Gasteiger partial charge in [0.05, 0.1) is 4.92 Å². The molecule has 0 spiro atoms. The molecule has 0 saturated heterocycles. The van der Waals surface area contributed by atoms with E-state index < -0.39 is 40.9 Å². The van der Waals surface area contributed by atoms with Crippen molar-refractivity contribution in [1.82, 2.24) is 14.8 Å². The largest absolute Gasteiger partial charge is 0.438 e. The zero-order valence-corrected chi connectivity index (χ0v) is 12.0. The standard InChI is InChI=1S/C11H12F3N5O4/c1-6-3-10(21,11(12,13)14)18(16-6)9(20)7(2)17-5-8(4-15-17)19(22)23/h4-5,7,21H,3H2,1-2H3/t7-,10+/m1/s1. The second-order valence-electron chi connectivity index (χ2n) is 5.09. The highest BCUT2D eigenvalue weighted by molar-refractivity contribution is 5.90. The van der Waals surface area contributed by atoms with Crippen molar-refractivity contribution >= 4 is 17.3 Å². The molecule has 9 nitrogen and oxygen atoms in total. The first-order chi connectivity index (χ1) is 10.5.